The van der Waals surface area contributed by atoms with Crippen LogP contribution in [0.25, 0.3) is 0 Å². The van der Waals surface area contributed by atoms with Gasteiger partial charge in [-0.05, 0) is 84.9 Å². The molecule has 0 spiro atoms. The van der Waals surface area contributed by atoms with Crippen LogP contribution in [0.3, 0.4) is 0 Å². The second kappa shape index (κ2) is 9.15. The van der Waals surface area contributed by atoms with Crippen LogP contribution < -0.4 is 15.4 Å². The van der Waals surface area contributed by atoms with Crippen LogP contribution >= 0.6 is 34.8 Å². The van der Waals surface area contributed by atoms with Gasteiger partial charge in [0.25, 0.3) is 5.91 Å². The van der Waals surface area contributed by atoms with Crippen LogP contribution in [0.4, 0.5) is 5.69 Å². The second-order valence-electron chi connectivity index (χ2n) is 5.74. The molecule has 0 radical (unpaired) electrons. The molecule has 132 valence electrons. The number of nitrogens with one attached hydrogen (secondary N) is 2. The lowest BCUT2D eigenvalue weighted by Crippen LogP contribution is -2.34. The molecule has 0 heterocycles. The highest BCUT2D eigenvalue weighted by molar-refractivity contribution is 14.1. The third-order valence-electron chi connectivity index (χ3n) is 3.67. The van der Waals surface area contributed by atoms with Gasteiger partial charge < -0.3 is 10.1 Å². The summed E-state index contributed by atoms with van der Waals surface area (Å²) in [7, 11) is 0. The number of halogens is 1. The third kappa shape index (κ3) is 5.97. The van der Waals surface area contributed by atoms with Crippen LogP contribution in [-0.4, -0.2) is 17.1 Å². The van der Waals surface area contributed by atoms with Gasteiger partial charge in [-0.25, -0.2) is 0 Å². The van der Waals surface area contributed by atoms with Gasteiger partial charge in [-0.3, -0.25) is 10.1 Å². The fraction of sp³-hybridized carbons (Fsp3) is 0.263. The van der Waals surface area contributed by atoms with Crippen molar-refractivity contribution in [1.82, 2.24) is 5.32 Å². The summed E-state index contributed by atoms with van der Waals surface area (Å²) in [6.45, 7) is 6.10. The van der Waals surface area contributed by atoms with E-state index in [1.165, 1.54) is 0 Å². The van der Waals surface area contributed by atoms with Crippen molar-refractivity contribution < 1.29 is 9.53 Å². The van der Waals surface area contributed by atoms with Gasteiger partial charge >= 0.3 is 0 Å². The van der Waals surface area contributed by atoms with Crippen molar-refractivity contribution in [2.24, 2.45) is 0 Å². The van der Waals surface area contributed by atoms with Crippen LogP contribution in [0.2, 0.25) is 0 Å². The largest absolute Gasteiger partial charge is 0.491 e. The lowest BCUT2D eigenvalue weighted by molar-refractivity contribution is 0.0977. The van der Waals surface area contributed by atoms with Gasteiger partial charge in [0.2, 0.25) is 0 Å². The quantitative estimate of drug-likeness (QED) is 0.484. The predicted molar refractivity (Wildman–Crippen MR) is 114 cm³/mol. The zero-order valence-corrected chi connectivity index (χ0v) is 17.4. The summed E-state index contributed by atoms with van der Waals surface area (Å²) < 4.78 is 6.83. The number of carbonyl (C=O) groups excluding carboxylic acids is 1. The Kier molecular flexibility index (Phi) is 7.19. The molecule has 0 aliphatic heterocycles. The predicted octanol–water partition coefficient (Wildman–Crippen LogP) is 4.90. The Morgan fingerprint density at radius 1 is 1.28 bits per heavy atom. The maximum atomic E-state index is 12.3. The molecule has 0 aliphatic rings. The minimum absolute atomic E-state index is 0.144. The van der Waals surface area contributed by atoms with Crippen molar-refractivity contribution in [3.8, 4) is 5.75 Å². The molecule has 0 bridgehead atoms. The molecule has 2 aromatic rings. The molecule has 1 amide bonds. The molecule has 0 aromatic heterocycles. The van der Waals surface area contributed by atoms with Crippen molar-refractivity contribution in [2.75, 3.05) is 5.32 Å². The normalized spacial score (nSPS) is 11.5. The number of hydrogen-bond donors (Lipinski definition) is 2. The molecule has 25 heavy (non-hydrogen) atoms. The van der Waals surface area contributed by atoms with E-state index in [4.69, 9.17) is 17.0 Å². The number of benzene rings is 2. The zero-order valence-electron chi connectivity index (χ0n) is 14.4. The average Bonchev–Trinajstić information content (AvgIpc) is 2.57. The van der Waals surface area contributed by atoms with Gasteiger partial charge in [0.05, 0.1) is 6.10 Å². The van der Waals surface area contributed by atoms with Gasteiger partial charge in [-0.2, -0.15) is 0 Å². The average molecular weight is 468 g/mol. The van der Waals surface area contributed by atoms with Gasteiger partial charge in [0.15, 0.2) is 5.11 Å². The molecule has 2 rings (SSSR count). The Balaban J connectivity index is 1.98. The Labute approximate surface area is 167 Å². The summed E-state index contributed by atoms with van der Waals surface area (Å²) in [4.78, 5) is 12.3. The van der Waals surface area contributed by atoms with Crippen molar-refractivity contribution in [3.05, 3.63) is 57.2 Å². The summed E-state index contributed by atoms with van der Waals surface area (Å²) in [5.74, 6) is 0.531. The Hall–Kier alpha value is -1.67. The molecule has 4 nitrogen and oxygen atoms in total. The monoisotopic (exact) mass is 468 g/mol. The van der Waals surface area contributed by atoms with Gasteiger partial charge in [0, 0.05) is 20.9 Å². The van der Waals surface area contributed by atoms with Gasteiger partial charge in [0.1, 0.15) is 5.75 Å². The fourth-order valence-corrected chi connectivity index (χ4v) is 2.76. The summed E-state index contributed by atoms with van der Waals surface area (Å²) in [6, 6.07) is 13.1. The molecule has 2 aromatic carbocycles. The standard InChI is InChI=1S/C19H21IN2O2S/c1-4-13(3)24-16-7-5-6-15(11-16)21-19(25)22-18(23)14-9-8-12(2)17(20)10-14/h5-11,13H,4H2,1-3H3,(H2,21,22,23,25). The minimum Gasteiger partial charge on any atom is -0.491 e. The number of rotatable bonds is 5. The van der Waals surface area contributed by atoms with Crippen LogP contribution in [0, 0.1) is 10.5 Å². The van der Waals surface area contributed by atoms with Crippen LogP contribution in [0.1, 0.15) is 36.2 Å². The second-order valence-corrected chi connectivity index (χ2v) is 7.31. The Morgan fingerprint density at radius 2 is 2.04 bits per heavy atom. The Morgan fingerprint density at radius 3 is 2.72 bits per heavy atom. The summed E-state index contributed by atoms with van der Waals surface area (Å²) in [5, 5.41) is 5.97. The molecular weight excluding hydrogens is 447 g/mol. The highest BCUT2D eigenvalue weighted by Crippen LogP contribution is 2.19. The van der Waals surface area contributed by atoms with E-state index in [9.17, 15) is 4.79 Å². The molecule has 0 saturated heterocycles. The molecular formula is C19H21IN2O2S. The summed E-state index contributed by atoms with van der Waals surface area (Å²) in [6.07, 6.45) is 1.08. The lowest BCUT2D eigenvalue weighted by atomic mass is 10.1. The van der Waals surface area contributed by atoms with E-state index < -0.39 is 0 Å². The number of hydrogen-bond acceptors (Lipinski definition) is 3. The zero-order chi connectivity index (χ0) is 18.4. The van der Waals surface area contributed by atoms with Crippen molar-refractivity contribution in [3.63, 3.8) is 0 Å². The SMILES string of the molecule is CCC(C)Oc1cccc(NC(=S)NC(=O)c2ccc(C)c(I)c2)c1. The third-order valence-corrected chi connectivity index (χ3v) is 5.03. The maximum Gasteiger partial charge on any atom is 0.257 e. The van der Waals surface area contributed by atoms with Gasteiger partial charge in [-0.15, -0.1) is 0 Å². The summed E-state index contributed by atoms with van der Waals surface area (Å²) in [5.41, 5.74) is 2.48. The number of amides is 1. The smallest absolute Gasteiger partial charge is 0.257 e. The van der Waals surface area contributed by atoms with Crippen molar-refractivity contribution in [1.29, 1.82) is 0 Å². The first-order chi connectivity index (χ1) is 11.9. The first kappa shape index (κ1) is 19.7. The number of ether oxygens (including phenoxy) is 1. The molecule has 1 atom stereocenters. The van der Waals surface area contributed by atoms with Gasteiger partial charge in [-0.1, -0.05) is 19.1 Å². The van der Waals surface area contributed by atoms with E-state index in [1.807, 2.05) is 50.2 Å². The van der Waals surface area contributed by atoms with Crippen LogP contribution in [0.5, 0.6) is 5.75 Å². The van der Waals surface area contributed by atoms with E-state index in [2.05, 4.69) is 40.1 Å². The number of carbonyl (C=O) groups is 1. The van der Waals surface area contributed by atoms with Crippen molar-refractivity contribution in [2.45, 2.75) is 33.3 Å². The van der Waals surface area contributed by atoms with E-state index >= 15 is 0 Å². The van der Waals surface area contributed by atoms with E-state index in [-0.39, 0.29) is 17.1 Å². The highest BCUT2D eigenvalue weighted by atomic mass is 127. The number of aryl methyl sites for hydroxylation is 1. The lowest BCUT2D eigenvalue weighted by Gasteiger charge is -2.14. The van der Waals surface area contributed by atoms with Crippen LogP contribution in [0.15, 0.2) is 42.5 Å². The van der Waals surface area contributed by atoms with E-state index in [0.717, 1.165) is 27.0 Å². The Bertz CT molecular complexity index is 780. The highest BCUT2D eigenvalue weighted by Gasteiger charge is 2.10. The molecule has 0 aliphatic carbocycles. The summed E-state index contributed by atoms with van der Waals surface area (Å²) >= 11 is 7.45. The number of anilines is 1. The van der Waals surface area contributed by atoms with Crippen LogP contribution in [-0.2, 0) is 0 Å². The maximum absolute atomic E-state index is 12.3. The molecule has 2 N–H and O–H groups in total. The molecule has 6 heteroatoms. The van der Waals surface area contributed by atoms with E-state index in [0.29, 0.717) is 5.56 Å². The first-order valence-corrected chi connectivity index (χ1v) is 9.53. The first-order valence-electron chi connectivity index (χ1n) is 8.04. The molecule has 0 fully saturated rings. The minimum atomic E-state index is -0.234. The fourth-order valence-electron chi connectivity index (χ4n) is 2.03. The molecule has 0 saturated carbocycles. The topological polar surface area (TPSA) is 50.4 Å². The number of thiocarbonyl (C=S) groups is 1. The van der Waals surface area contributed by atoms with Crippen molar-refractivity contribution >= 4 is 51.5 Å². The molecule has 1 unspecified atom stereocenters. The van der Waals surface area contributed by atoms with E-state index in [1.54, 1.807) is 6.07 Å².